The number of aliphatic hydroxyl groups is 1. The van der Waals surface area contributed by atoms with E-state index in [2.05, 4.69) is 11.0 Å². The molecule has 2 aliphatic rings. The van der Waals surface area contributed by atoms with Crippen LogP contribution in [0.5, 0.6) is 0 Å². The van der Waals surface area contributed by atoms with Crippen molar-refractivity contribution in [1.82, 2.24) is 9.80 Å². The van der Waals surface area contributed by atoms with E-state index in [9.17, 15) is 18.7 Å². The van der Waals surface area contributed by atoms with Crippen molar-refractivity contribution in [3.8, 4) is 0 Å². The number of likely N-dealkylation sites (tertiary alicyclic amines) is 1. The summed E-state index contributed by atoms with van der Waals surface area (Å²) in [7, 11) is 0. The average Bonchev–Trinajstić information content (AvgIpc) is 2.98. The van der Waals surface area contributed by atoms with Crippen LogP contribution >= 0.6 is 12.4 Å². The summed E-state index contributed by atoms with van der Waals surface area (Å²) in [6, 6.07) is 12.5. The van der Waals surface area contributed by atoms with Crippen LogP contribution in [0.25, 0.3) is 5.57 Å². The molecule has 1 amide bonds. The number of hydrogen-bond donors (Lipinski definition) is 1. The van der Waals surface area contributed by atoms with Gasteiger partial charge in [0, 0.05) is 38.5 Å². The molecule has 5 nitrogen and oxygen atoms in total. The molecule has 2 heterocycles. The zero-order valence-electron chi connectivity index (χ0n) is 20.3. The van der Waals surface area contributed by atoms with E-state index in [1.165, 1.54) is 29.2 Å². The van der Waals surface area contributed by atoms with Gasteiger partial charge in [0.05, 0.1) is 0 Å². The van der Waals surface area contributed by atoms with Gasteiger partial charge in [-0.2, -0.15) is 0 Å². The topological polar surface area (TPSA) is 53.0 Å². The predicted molar refractivity (Wildman–Crippen MR) is 134 cm³/mol. The molecule has 8 heteroatoms. The minimum atomic E-state index is -1.34. The van der Waals surface area contributed by atoms with Gasteiger partial charge in [0.1, 0.15) is 11.6 Å². The lowest BCUT2D eigenvalue weighted by atomic mass is 9.81. The van der Waals surface area contributed by atoms with Crippen molar-refractivity contribution in [1.29, 1.82) is 0 Å². The number of carbonyl (C=O) groups is 1. The molecule has 1 unspecified atom stereocenters. The van der Waals surface area contributed by atoms with Crippen LogP contribution in [0.15, 0.2) is 54.6 Å². The zero-order chi connectivity index (χ0) is 24.5. The van der Waals surface area contributed by atoms with Crippen molar-refractivity contribution in [2.45, 2.75) is 57.4 Å². The van der Waals surface area contributed by atoms with E-state index in [-0.39, 0.29) is 30.1 Å². The molecule has 2 aliphatic heterocycles. The van der Waals surface area contributed by atoms with Gasteiger partial charge in [0.15, 0.2) is 11.3 Å². The molecule has 0 aromatic heterocycles. The van der Waals surface area contributed by atoms with Crippen LogP contribution in [0.2, 0.25) is 0 Å². The number of rotatable bonds is 6. The highest BCUT2D eigenvalue weighted by Crippen LogP contribution is 2.45. The highest BCUT2D eigenvalue weighted by atomic mass is 35.5. The highest BCUT2D eigenvalue weighted by molar-refractivity contribution is 5.85. The predicted octanol–water partition coefficient (Wildman–Crippen LogP) is 5.61. The molecule has 2 saturated heterocycles. The quantitative estimate of drug-likeness (QED) is 0.553. The Morgan fingerprint density at radius 3 is 1.94 bits per heavy atom. The number of halogens is 3. The molecule has 0 bridgehead atoms. The first-order valence-electron chi connectivity index (χ1n) is 11.8. The number of nitrogens with zero attached hydrogens (tertiary/aromatic N) is 2. The third-order valence-corrected chi connectivity index (χ3v) is 7.10. The lowest BCUT2D eigenvalue weighted by Crippen LogP contribution is -2.61. The molecular formula is C27H33ClF2N2O3. The summed E-state index contributed by atoms with van der Waals surface area (Å²) in [5.41, 5.74) is 0.423. The summed E-state index contributed by atoms with van der Waals surface area (Å²) in [6.45, 7) is 7.60. The fourth-order valence-electron chi connectivity index (χ4n) is 5.19. The molecule has 1 N–H and O–H groups in total. The molecule has 2 fully saturated rings. The molecule has 2 aromatic carbocycles. The van der Waals surface area contributed by atoms with Crippen LogP contribution in [-0.4, -0.2) is 58.0 Å². The summed E-state index contributed by atoms with van der Waals surface area (Å²) in [4.78, 5) is 16.1. The van der Waals surface area contributed by atoms with Crippen molar-refractivity contribution in [3.63, 3.8) is 0 Å². The van der Waals surface area contributed by atoms with Crippen LogP contribution in [0.3, 0.4) is 0 Å². The fourth-order valence-corrected chi connectivity index (χ4v) is 5.19. The second kappa shape index (κ2) is 10.6. The SMILES string of the molecule is CC(C)N1C(=O)OC2(CCN(CCC=C(c3ccc(F)cc3)c3ccc(F)cc3)CC2)C1(C)O.Cl. The number of ether oxygens (including phenoxy) is 1. The molecule has 0 aliphatic carbocycles. The lowest BCUT2D eigenvalue weighted by Gasteiger charge is -2.45. The maximum Gasteiger partial charge on any atom is 0.413 e. The third-order valence-electron chi connectivity index (χ3n) is 7.10. The van der Waals surface area contributed by atoms with Crippen molar-refractivity contribution >= 4 is 24.1 Å². The number of carbonyl (C=O) groups excluding carboxylic acids is 1. The summed E-state index contributed by atoms with van der Waals surface area (Å²) in [6.07, 6.45) is 3.49. The molecule has 1 spiro atoms. The summed E-state index contributed by atoms with van der Waals surface area (Å²) in [5, 5.41) is 11.2. The summed E-state index contributed by atoms with van der Waals surface area (Å²) >= 11 is 0. The minimum absolute atomic E-state index is 0. The van der Waals surface area contributed by atoms with Crippen LogP contribution in [0.4, 0.5) is 13.6 Å². The van der Waals surface area contributed by atoms with E-state index in [0.717, 1.165) is 29.7 Å². The number of amides is 1. The van der Waals surface area contributed by atoms with Gasteiger partial charge in [-0.15, -0.1) is 12.4 Å². The largest absolute Gasteiger partial charge is 0.437 e. The van der Waals surface area contributed by atoms with E-state index in [1.807, 2.05) is 13.8 Å². The van der Waals surface area contributed by atoms with Crippen LogP contribution in [-0.2, 0) is 4.74 Å². The average molecular weight is 507 g/mol. The first-order chi connectivity index (χ1) is 16.1. The molecule has 4 rings (SSSR count). The minimum Gasteiger partial charge on any atom is -0.437 e. The Balaban J connectivity index is 0.00000342. The molecular weight excluding hydrogens is 474 g/mol. The summed E-state index contributed by atoms with van der Waals surface area (Å²) in [5.74, 6) is -0.604. The second-order valence-electron chi connectivity index (χ2n) is 9.61. The molecule has 2 aromatic rings. The van der Waals surface area contributed by atoms with E-state index >= 15 is 0 Å². The van der Waals surface area contributed by atoms with Gasteiger partial charge < -0.3 is 14.7 Å². The Bertz CT molecular complexity index is 1000. The van der Waals surface area contributed by atoms with E-state index < -0.39 is 17.4 Å². The molecule has 0 radical (unpaired) electrons. The van der Waals surface area contributed by atoms with Crippen molar-refractivity contribution in [2.24, 2.45) is 0 Å². The maximum atomic E-state index is 13.4. The molecule has 0 saturated carbocycles. The Labute approximate surface area is 211 Å². The molecule has 190 valence electrons. The fraction of sp³-hybridized carbons (Fsp3) is 0.444. The Morgan fingerprint density at radius 1 is 1.03 bits per heavy atom. The van der Waals surface area contributed by atoms with Crippen molar-refractivity contribution < 1.29 is 23.4 Å². The standard InChI is InChI=1S/C27H32F2N2O3.ClH/c1-19(2)31-25(32)34-27(26(31,3)33)14-17-30(18-15-27)16-4-5-24(20-6-10-22(28)11-7-20)21-8-12-23(29)13-9-21;/h5-13,19,33H,4,14-18H2,1-3H3;1H. The molecule has 1 atom stereocenters. The Hall–Kier alpha value is -2.48. The van der Waals surface area contributed by atoms with Crippen LogP contribution in [0.1, 0.15) is 51.2 Å². The normalized spacial score (nSPS) is 21.7. The first kappa shape index (κ1) is 27.1. The Morgan fingerprint density at radius 2 is 1.51 bits per heavy atom. The van der Waals surface area contributed by atoms with Gasteiger partial charge in [0.25, 0.3) is 0 Å². The third kappa shape index (κ3) is 5.37. The zero-order valence-corrected chi connectivity index (χ0v) is 21.2. The first-order valence-corrected chi connectivity index (χ1v) is 11.8. The van der Waals surface area contributed by atoms with Gasteiger partial charge in [-0.25, -0.2) is 13.6 Å². The van der Waals surface area contributed by atoms with Gasteiger partial charge in [-0.3, -0.25) is 4.90 Å². The van der Waals surface area contributed by atoms with Gasteiger partial charge >= 0.3 is 6.09 Å². The van der Waals surface area contributed by atoms with E-state index in [0.29, 0.717) is 25.9 Å². The number of hydrogen-bond acceptors (Lipinski definition) is 4. The van der Waals surface area contributed by atoms with Gasteiger partial charge in [0.2, 0.25) is 0 Å². The van der Waals surface area contributed by atoms with Gasteiger partial charge in [-0.1, -0.05) is 30.3 Å². The van der Waals surface area contributed by atoms with Gasteiger partial charge in [-0.05, 0) is 68.2 Å². The number of benzene rings is 2. The summed E-state index contributed by atoms with van der Waals surface area (Å²) < 4.78 is 32.6. The highest BCUT2D eigenvalue weighted by Gasteiger charge is 2.63. The van der Waals surface area contributed by atoms with Crippen molar-refractivity contribution in [2.75, 3.05) is 19.6 Å². The van der Waals surface area contributed by atoms with E-state index in [1.54, 1.807) is 31.2 Å². The van der Waals surface area contributed by atoms with Crippen LogP contribution in [0, 0.1) is 11.6 Å². The Kier molecular flexibility index (Phi) is 8.25. The molecule has 35 heavy (non-hydrogen) atoms. The second-order valence-corrected chi connectivity index (χ2v) is 9.61. The smallest absolute Gasteiger partial charge is 0.413 e. The van der Waals surface area contributed by atoms with Crippen molar-refractivity contribution in [3.05, 3.63) is 77.4 Å². The van der Waals surface area contributed by atoms with E-state index in [4.69, 9.17) is 4.74 Å². The lowest BCUT2D eigenvalue weighted by molar-refractivity contribution is -0.170. The maximum absolute atomic E-state index is 13.4. The number of piperidine rings is 1. The monoisotopic (exact) mass is 506 g/mol. The van der Waals surface area contributed by atoms with Crippen LogP contribution < -0.4 is 0 Å².